The highest BCUT2D eigenvalue weighted by atomic mass is 19.3. The largest absolute Gasteiger partial charge is 0.340 e. The molecule has 0 aliphatic rings. The third-order valence-electron chi connectivity index (χ3n) is 1.85. The third kappa shape index (κ3) is 2.26. The first-order valence-electron chi connectivity index (χ1n) is 4.15. The maximum absolute atomic E-state index is 12.8. The molecule has 0 aliphatic heterocycles. The van der Waals surface area contributed by atoms with Gasteiger partial charge in [-0.2, -0.15) is 13.9 Å². The highest BCUT2D eigenvalue weighted by Gasteiger charge is 2.26. The van der Waals surface area contributed by atoms with Gasteiger partial charge in [0.2, 0.25) is 0 Å². The monoisotopic (exact) mass is 188 g/mol. The van der Waals surface area contributed by atoms with Gasteiger partial charge < -0.3 is 0 Å². The molecule has 13 heavy (non-hydrogen) atoms. The Morgan fingerprint density at radius 1 is 1.23 bits per heavy atom. The molecule has 4 heteroatoms. The summed E-state index contributed by atoms with van der Waals surface area (Å²) in [6.07, 6.45) is 2.87. The highest BCUT2D eigenvalue weighted by Crippen LogP contribution is 2.25. The van der Waals surface area contributed by atoms with Crippen LogP contribution in [-0.2, 0) is 11.5 Å². The number of alkyl halides is 2. The lowest BCUT2D eigenvalue weighted by molar-refractivity contribution is -0.0724. The van der Waals surface area contributed by atoms with Crippen LogP contribution in [0.3, 0.4) is 0 Å². The molecule has 0 saturated heterocycles. The van der Waals surface area contributed by atoms with Crippen LogP contribution in [0.1, 0.15) is 33.3 Å². The zero-order chi connectivity index (χ0) is 10.3. The van der Waals surface area contributed by atoms with Crippen LogP contribution in [0.4, 0.5) is 8.78 Å². The van der Waals surface area contributed by atoms with Gasteiger partial charge in [0.05, 0.1) is 6.20 Å². The van der Waals surface area contributed by atoms with Gasteiger partial charge in [0.1, 0.15) is 0 Å². The van der Waals surface area contributed by atoms with Crippen molar-refractivity contribution in [2.45, 2.75) is 39.2 Å². The Morgan fingerprint density at radius 2 is 1.77 bits per heavy atom. The molecule has 0 fully saturated rings. The van der Waals surface area contributed by atoms with E-state index in [0.29, 0.717) is 4.68 Å². The van der Waals surface area contributed by atoms with Gasteiger partial charge in [0.25, 0.3) is 0 Å². The van der Waals surface area contributed by atoms with Gasteiger partial charge in [-0.3, -0.25) is 0 Å². The Labute approximate surface area is 76.6 Å². The second-order valence-corrected chi connectivity index (χ2v) is 4.27. The van der Waals surface area contributed by atoms with Crippen molar-refractivity contribution in [2.75, 3.05) is 0 Å². The maximum Gasteiger partial charge on any atom is 0.340 e. The van der Waals surface area contributed by atoms with E-state index in [0.717, 1.165) is 12.5 Å². The zero-order valence-corrected chi connectivity index (χ0v) is 8.31. The summed E-state index contributed by atoms with van der Waals surface area (Å²) in [7, 11) is 0. The van der Waals surface area contributed by atoms with Crippen LogP contribution in [0.15, 0.2) is 12.4 Å². The van der Waals surface area contributed by atoms with Crippen molar-refractivity contribution in [2.24, 2.45) is 0 Å². The van der Waals surface area contributed by atoms with Crippen LogP contribution in [-0.4, -0.2) is 9.78 Å². The summed E-state index contributed by atoms with van der Waals surface area (Å²) in [5.74, 6) is 0. The van der Waals surface area contributed by atoms with Crippen molar-refractivity contribution in [3.63, 3.8) is 0 Å². The molecule has 1 rings (SSSR count). The third-order valence-corrected chi connectivity index (χ3v) is 1.85. The Kier molecular flexibility index (Phi) is 2.18. The van der Waals surface area contributed by atoms with Crippen molar-refractivity contribution in [1.82, 2.24) is 9.78 Å². The first-order chi connectivity index (χ1) is 5.71. The summed E-state index contributed by atoms with van der Waals surface area (Å²) < 4.78 is 26.2. The van der Waals surface area contributed by atoms with Crippen LogP contribution < -0.4 is 0 Å². The fourth-order valence-electron chi connectivity index (χ4n) is 0.925. The van der Waals surface area contributed by atoms with Gasteiger partial charge in [0, 0.05) is 13.1 Å². The molecule has 0 unspecified atom stereocenters. The zero-order valence-electron chi connectivity index (χ0n) is 8.31. The molecule has 0 saturated carbocycles. The van der Waals surface area contributed by atoms with Crippen molar-refractivity contribution < 1.29 is 8.78 Å². The van der Waals surface area contributed by atoms with Crippen molar-refractivity contribution in [3.8, 4) is 0 Å². The van der Waals surface area contributed by atoms with E-state index in [4.69, 9.17) is 0 Å². The molecule has 2 nitrogen and oxygen atoms in total. The molecule has 0 bridgehead atoms. The number of hydrogen-bond acceptors (Lipinski definition) is 1. The first-order valence-corrected chi connectivity index (χ1v) is 4.15. The summed E-state index contributed by atoms with van der Waals surface area (Å²) in [5, 5.41) is 3.62. The first kappa shape index (κ1) is 10.2. The molecule has 1 aromatic rings. The molecular weight excluding hydrogens is 174 g/mol. The van der Waals surface area contributed by atoms with Gasteiger partial charge in [-0.25, -0.2) is 4.68 Å². The summed E-state index contributed by atoms with van der Waals surface area (Å²) >= 11 is 0. The summed E-state index contributed by atoms with van der Waals surface area (Å²) in [4.78, 5) is 0. The molecule has 0 atom stereocenters. The van der Waals surface area contributed by atoms with Crippen LogP contribution in [0.25, 0.3) is 0 Å². The van der Waals surface area contributed by atoms with E-state index < -0.39 is 6.05 Å². The van der Waals surface area contributed by atoms with E-state index >= 15 is 0 Å². The van der Waals surface area contributed by atoms with Crippen LogP contribution in [0.5, 0.6) is 0 Å². The van der Waals surface area contributed by atoms with Crippen molar-refractivity contribution in [3.05, 3.63) is 18.0 Å². The second kappa shape index (κ2) is 2.79. The Balaban J connectivity index is 3.01. The molecule has 0 amide bonds. The second-order valence-electron chi connectivity index (χ2n) is 4.27. The quantitative estimate of drug-likeness (QED) is 0.662. The van der Waals surface area contributed by atoms with Gasteiger partial charge in [0.15, 0.2) is 0 Å². The van der Waals surface area contributed by atoms with Gasteiger partial charge in [-0.1, -0.05) is 20.8 Å². The number of aromatic nitrogens is 2. The van der Waals surface area contributed by atoms with E-state index in [1.165, 1.54) is 12.4 Å². The van der Waals surface area contributed by atoms with Gasteiger partial charge >= 0.3 is 6.05 Å². The van der Waals surface area contributed by atoms with E-state index in [1.807, 2.05) is 20.8 Å². The Bertz CT molecular complexity index is 263. The fourth-order valence-corrected chi connectivity index (χ4v) is 0.925. The number of rotatable bonds is 1. The molecule has 0 N–H and O–H groups in total. The van der Waals surface area contributed by atoms with Crippen LogP contribution in [0.2, 0.25) is 0 Å². The number of nitrogens with zero attached hydrogens (tertiary/aromatic N) is 2. The lowest BCUT2D eigenvalue weighted by Gasteiger charge is -2.15. The standard InChI is InChI=1S/C9H14F2N2/c1-8(2,3)7-5-12-13(6-7)9(4,10)11/h5-6H,1-4H3. The average molecular weight is 188 g/mol. The molecule has 74 valence electrons. The topological polar surface area (TPSA) is 17.8 Å². The predicted molar refractivity (Wildman–Crippen MR) is 46.8 cm³/mol. The molecular formula is C9H14F2N2. The summed E-state index contributed by atoms with van der Waals surface area (Å²) in [6, 6.07) is -2.91. The number of halogens is 2. The minimum atomic E-state index is -2.91. The minimum absolute atomic E-state index is 0.135. The van der Waals surface area contributed by atoms with Crippen molar-refractivity contribution >= 4 is 0 Å². The average Bonchev–Trinajstić information content (AvgIpc) is 2.28. The number of hydrogen-bond donors (Lipinski definition) is 0. The summed E-state index contributed by atoms with van der Waals surface area (Å²) in [6.45, 7) is 6.71. The highest BCUT2D eigenvalue weighted by molar-refractivity contribution is 5.15. The minimum Gasteiger partial charge on any atom is -0.209 e. The Hall–Kier alpha value is -0.930. The van der Waals surface area contributed by atoms with E-state index in [-0.39, 0.29) is 5.41 Å². The lowest BCUT2D eigenvalue weighted by atomic mass is 9.90. The SMILES string of the molecule is CC(C)(C)c1cnn(C(C)(F)F)c1. The van der Waals surface area contributed by atoms with Crippen LogP contribution in [0, 0.1) is 0 Å². The molecule has 0 aromatic carbocycles. The molecule has 0 radical (unpaired) electrons. The molecule has 1 aromatic heterocycles. The van der Waals surface area contributed by atoms with E-state index in [9.17, 15) is 8.78 Å². The normalized spacial score (nSPS) is 13.4. The maximum atomic E-state index is 12.8. The molecule has 1 heterocycles. The molecule has 0 spiro atoms. The smallest absolute Gasteiger partial charge is 0.209 e. The van der Waals surface area contributed by atoms with Crippen LogP contribution >= 0.6 is 0 Å². The molecule has 0 aliphatic carbocycles. The fraction of sp³-hybridized carbons (Fsp3) is 0.667. The van der Waals surface area contributed by atoms with E-state index in [2.05, 4.69) is 5.10 Å². The lowest BCUT2D eigenvalue weighted by Crippen LogP contribution is -2.19. The van der Waals surface area contributed by atoms with Gasteiger partial charge in [-0.05, 0) is 11.0 Å². The predicted octanol–water partition coefficient (Wildman–Crippen LogP) is 2.75. The van der Waals surface area contributed by atoms with E-state index in [1.54, 1.807) is 0 Å². The van der Waals surface area contributed by atoms with Crippen molar-refractivity contribution in [1.29, 1.82) is 0 Å². The summed E-state index contributed by atoms with van der Waals surface area (Å²) in [5.41, 5.74) is 0.678. The van der Waals surface area contributed by atoms with Gasteiger partial charge in [-0.15, -0.1) is 0 Å². The Morgan fingerprint density at radius 3 is 2.00 bits per heavy atom.